The molecule has 0 N–H and O–H groups in total. The molecule has 4 aliphatic carbocycles. The molecule has 1 saturated carbocycles. The first-order valence-corrected chi connectivity index (χ1v) is 14.8. The predicted octanol–water partition coefficient (Wildman–Crippen LogP) is 7.06. The number of benzene rings is 2. The molecule has 2 spiro atoms. The summed E-state index contributed by atoms with van der Waals surface area (Å²) in [6, 6.07) is 8.67. The summed E-state index contributed by atoms with van der Waals surface area (Å²) >= 11 is 0. The molecule has 4 nitrogen and oxygen atoms in total. The third-order valence-electron chi connectivity index (χ3n) is 11.3. The molecule has 6 aliphatic rings. The number of carbonyl (C=O) groups is 2. The number of ether oxygens (including phenoxy) is 2. The number of hydrogen-bond acceptors (Lipinski definition) is 4. The number of aryl methyl sites for hydroxylation is 6. The van der Waals surface area contributed by atoms with Crippen molar-refractivity contribution in [3.05, 3.63) is 80.9 Å². The molecule has 2 unspecified atom stereocenters. The Morgan fingerprint density at radius 3 is 1.82 bits per heavy atom. The lowest BCUT2D eigenvalue weighted by atomic mass is 9.35. The molecule has 2 aliphatic heterocycles. The molecule has 40 heavy (non-hydrogen) atoms. The Bertz CT molecular complexity index is 1610. The third kappa shape index (κ3) is 2.88. The minimum atomic E-state index is -1.05. The lowest BCUT2D eigenvalue weighted by molar-refractivity contribution is -0.205. The first kappa shape index (κ1) is 25.8. The Kier molecular flexibility index (Phi) is 5.02. The topological polar surface area (TPSA) is 52.6 Å². The van der Waals surface area contributed by atoms with Crippen molar-refractivity contribution >= 4 is 11.6 Å². The highest BCUT2D eigenvalue weighted by Gasteiger charge is 2.78. The number of carbonyl (C=O) groups excluding carboxylic acids is 2. The van der Waals surface area contributed by atoms with Crippen molar-refractivity contribution < 1.29 is 19.1 Å². The van der Waals surface area contributed by atoms with Crippen molar-refractivity contribution in [2.24, 2.45) is 22.7 Å². The quantitative estimate of drug-likeness (QED) is 0.338. The number of Topliss-reactive ketones (excluding diaryl/α,β-unsaturated/α-hetero) is 2. The molecular formula is C36H40O4. The maximum atomic E-state index is 14.9. The van der Waals surface area contributed by atoms with E-state index in [1.807, 2.05) is 6.92 Å². The van der Waals surface area contributed by atoms with E-state index in [1.54, 1.807) is 0 Å². The molecule has 4 heteroatoms. The predicted molar refractivity (Wildman–Crippen MR) is 156 cm³/mol. The van der Waals surface area contributed by atoms with Gasteiger partial charge in [-0.15, -0.1) is 0 Å². The molecule has 8 rings (SSSR count). The highest BCUT2D eigenvalue weighted by Crippen LogP contribution is 2.71. The standard InChI is InChI=1S/C36H40O4/c1-19-13-21(3)28-25(15-19)9-11-35(39-28)27-23(5)17-34(8,32(35)38)33(7)18-24(6)31(37)36(30(27)33)12-10-26-16-20(2)14-22(4)29(26)40-36/h13-18,27,30H,9-12H2,1-8H3/t27-,30-,33-,34-,35?,36?/m1/s1. The number of hydrogen-bond donors (Lipinski definition) is 0. The lowest BCUT2D eigenvalue weighted by Gasteiger charge is -2.69. The van der Waals surface area contributed by atoms with Crippen molar-refractivity contribution in [1.29, 1.82) is 0 Å². The Labute approximate surface area is 237 Å². The van der Waals surface area contributed by atoms with Crippen LogP contribution in [0.25, 0.3) is 0 Å². The molecule has 1 fully saturated rings. The van der Waals surface area contributed by atoms with Gasteiger partial charge in [-0.1, -0.05) is 60.0 Å². The van der Waals surface area contributed by atoms with Crippen LogP contribution in [0.15, 0.2) is 47.6 Å². The summed E-state index contributed by atoms with van der Waals surface area (Å²) in [6.45, 7) is 16.7. The van der Waals surface area contributed by atoms with E-state index in [4.69, 9.17) is 9.47 Å². The van der Waals surface area contributed by atoms with Crippen molar-refractivity contribution in [3.8, 4) is 11.5 Å². The van der Waals surface area contributed by atoms with Gasteiger partial charge in [0.25, 0.3) is 0 Å². The molecule has 0 radical (unpaired) electrons. The molecule has 6 atom stereocenters. The maximum absolute atomic E-state index is 14.9. The second-order valence-corrected chi connectivity index (χ2v) is 13.9. The van der Waals surface area contributed by atoms with Gasteiger partial charge in [-0.25, -0.2) is 0 Å². The minimum Gasteiger partial charge on any atom is -0.478 e. The minimum absolute atomic E-state index is 0.0650. The van der Waals surface area contributed by atoms with Crippen LogP contribution in [-0.4, -0.2) is 22.8 Å². The molecule has 0 amide bonds. The van der Waals surface area contributed by atoms with Gasteiger partial charge in [-0.2, -0.15) is 0 Å². The summed E-state index contributed by atoms with van der Waals surface area (Å²) < 4.78 is 14.2. The van der Waals surface area contributed by atoms with Crippen LogP contribution in [0, 0.1) is 50.4 Å². The van der Waals surface area contributed by atoms with Crippen LogP contribution in [0.2, 0.25) is 0 Å². The normalized spacial score (nSPS) is 37.3. The maximum Gasteiger partial charge on any atom is 0.202 e. The Morgan fingerprint density at radius 2 is 1.25 bits per heavy atom. The van der Waals surface area contributed by atoms with E-state index >= 15 is 0 Å². The monoisotopic (exact) mass is 536 g/mol. The van der Waals surface area contributed by atoms with Crippen molar-refractivity contribution in [2.45, 2.75) is 92.3 Å². The van der Waals surface area contributed by atoms with Gasteiger partial charge in [-0.05, 0) is 102 Å². The molecule has 0 aromatic heterocycles. The fourth-order valence-corrected chi connectivity index (χ4v) is 9.76. The van der Waals surface area contributed by atoms with E-state index in [0.29, 0.717) is 18.4 Å². The highest BCUT2D eigenvalue weighted by molar-refractivity contribution is 6.06. The fraction of sp³-hybridized carbons (Fsp3) is 0.500. The Morgan fingerprint density at radius 1 is 0.725 bits per heavy atom. The summed E-state index contributed by atoms with van der Waals surface area (Å²) in [6.07, 6.45) is 7.08. The van der Waals surface area contributed by atoms with Crippen LogP contribution in [0.3, 0.4) is 0 Å². The number of ketones is 2. The third-order valence-corrected chi connectivity index (χ3v) is 11.3. The average Bonchev–Trinajstić information content (AvgIpc) is 2.88. The van der Waals surface area contributed by atoms with Gasteiger partial charge < -0.3 is 9.47 Å². The van der Waals surface area contributed by atoms with Gasteiger partial charge in [-0.3, -0.25) is 9.59 Å². The lowest BCUT2D eigenvalue weighted by Crippen LogP contribution is -2.78. The van der Waals surface area contributed by atoms with E-state index in [-0.39, 0.29) is 23.4 Å². The average molecular weight is 537 g/mol. The van der Waals surface area contributed by atoms with Crippen LogP contribution >= 0.6 is 0 Å². The van der Waals surface area contributed by atoms with Crippen LogP contribution in [0.4, 0.5) is 0 Å². The molecule has 208 valence electrons. The Hall–Kier alpha value is -3.14. The SMILES string of the molecule is CC1=C[C@]2(C)[C@@H]([C@H]3C(C)=C[C@]2(C)C(=O)C32CCc3cc(C)cc(C)c3O2)C2(CCc3cc(C)cc(C)c3O2)C1=O. The van der Waals surface area contributed by atoms with Gasteiger partial charge in [0.1, 0.15) is 11.5 Å². The van der Waals surface area contributed by atoms with Crippen LogP contribution in [0.1, 0.15) is 73.9 Å². The van der Waals surface area contributed by atoms with E-state index < -0.39 is 22.0 Å². The zero-order valence-electron chi connectivity index (χ0n) is 25.1. The van der Waals surface area contributed by atoms with Crippen LogP contribution < -0.4 is 9.47 Å². The molecule has 0 saturated heterocycles. The summed E-state index contributed by atoms with van der Waals surface area (Å²) in [7, 11) is 0. The van der Waals surface area contributed by atoms with Gasteiger partial charge in [0, 0.05) is 17.3 Å². The molecule has 2 aromatic rings. The van der Waals surface area contributed by atoms with Gasteiger partial charge in [0.2, 0.25) is 5.78 Å². The second kappa shape index (κ2) is 7.78. The molecule has 2 bridgehead atoms. The highest BCUT2D eigenvalue weighted by atomic mass is 16.5. The first-order chi connectivity index (χ1) is 18.8. The van der Waals surface area contributed by atoms with E-state index in [1.165, 1.54) is 22.3 Å². The first-order valence-electron chi connectivity index (χ1n) is 14.8. The number of rotatable bonds is 0. The fourth-order valence-electron chi connectivity index (χ4n) is 9.76. The summed E-state index contributed by atoms with van der Waals surface area (Å²) in [4.78, 5) is 29.4. The summed E-state index contributed by atoms with van der Waals surface area (Å²) in [5.41, 5.74) is 5.25. The van der Waals surface area contributed by atoms with Crippen molar-refractivity contribution in [2.75, 3.05) is 0 Å². The number of fused-ring (bicyclic) bond motifs is 2. The summed E-state index contributed by atoms with van der Waals surface area (Å²) in [5, 5.41) is 0. The molecular weight excluding hydrogens is 496 g/mol. The van der Waals surface area contributed by atoms with Gasteiger partial charge >= 0.3 is 0 Å². The second-order valence-electron chi connectivity index (χ2n) is 13.9. The zero-order valence-corrected chi connectivity index (χ0v) is 25.1. The summed E-state index contributed by atoms with van der Waals surface area (Å²) in [5.74, 6) is 1.41. The zero-order chi connectivity index (χ0) is 28.6. The van der Waals surface area contributed by atoms with Crippen LogP contribution in [0.5, 0.6) is 11.5 Å². The van der Waals surface area contributed by atoms with E-state index in [9.17, 15) is 9.59 Å². The molecule has 2 aromatic carbocycles. The van der Waals surface area contributed by atoms with Gasteiger partial charge in [0.15, 0.2) is 17.0 Å². The number of allylic oxidation sites excluding steroid dienone is 2. The smallest absolute Gasteiger partial charge is 0.202 e. The van der Waals surface area contributed by atoms with E-state index in [2.05, 4.69) is 84.9 Å². The Balaban J connectivity index is 1.47. The van der Waals surface area contributed by atoms with Crippen LogP contribution in [-0.2, 0) is 22.4 Å². The van der Waals surface area contributed by atoms with E-state index in [0.717, 1.165) is 41.0 Å². The van der Waals surface area contributed by atoms with Gasteiger partial charge in [0.05, 0.1) is 5.41 Å². The largest absolute Gasteiger partial charge is 0.478 e. The van der Waals surface area contributed by atoms with Crippen molar-refractivity contribution in [3.63, 3.8) is 0 Å². The molecule has 2 heterocycles. The van der Waals surface area contributed by atoms with Crippen molar-refractivity contribution in [1.82, 2.24) is 0 Å².